The van der Waals surface area contributed by atoms with Gasteiger partial charge in [0.15, 0.2) is 0 Å². The molecule has 1 aromatic heterocycles. The summed E-state index contributed by atoms with van der Waals surface area (Å²) in [6.07, 6.45) is -1.19. The highest BCUT2D eigenvalue weighted by Gasteiger charge is 2.22. The average molecular weight is 400 g/mol. The SMILES string of the molecule is CC(NC(=O)O)c1nc2cccc(Cl)c2c(=O)n1-c1cccc(C(C)(C)C)c1. The first-order valence-electron chi connectivity index (χ1n) is 8.91. The highest BCUT2D eigenvalue weighted by atomic mass is 35.5. The van der Waals surface area contributed by atoms with Crippen molar-refractivity contribution in [1.82, 2.24) is 14.9 Å². The number of rotatable bonds is 3. The fraction of sp³-hybridized carbons (Fsp3) is 0.286. The summed E-state index contributed by atoms with van der Waals surface area (Å²) in [6, 6.07) is 11.9. The number of aromatic nitrogens is 2. The summed E-state index contributed by atoms with van der Waals surface area (Å²) in [5, 5.41) is 12.1. The smallest absolute Gasteiger partial charge is 0.405 e. The molecule has 1 heterocycles. The highest BCUT2D eigenvalue weighted by molar-refractivity contribution is 6.35. The molecule has 0 aliphatic heterocycles. The maximum atomic E-state index is 13.4. The van der Waals surface area contributed by atoms with Crippen LogP contribution in [-0.2, 0) is 5.41 Å². The molecule has 7 heteroatoms. The molecule has 0 radical (unpaired) electrons. The normalized spacial score (nSPS) is 12.8. The topological polar surface area (TPSA) is 84.2 Å². The van der Waals surface area contributed by atoms with E-state index in [0.717, 1.165) is 5.56 Å². The predicted octanol–water partition coefficient (Wildman–Crippen LogP) is 4.67. The first kappa shape index (κ1) is 19.9. The van der Waals surface area contributed by atoms with Gasteiger partial charge in [-0.15, -0.1) is 0 Å². The Morgan fingerprint density at radius 1 is 1.21 bits per heavy atom. The molecule has 28 heavy (non-hydrogen) atoms. The molecule has 0 saturated carbocycles. The Labute approximate surface area is 167 Å². The summed E-state index contributed by atoms with van der Waals surface area (Å²) < 4.78 is 1.43. The minimum atomic E-state index is -1.19. The van der Waals surface area contributed by atoms with Crippen molar-refractivity contribution >= 4 is 28.6 Å². The molecule has 0 spiro atoms. The van der Waals surface area contributed by atoms with E-state index in [9.17, 15) is 9.59 Å². The largest absolute Gasteiger partial charge is 0.465 e. The third-order valence-electron chi connectivity index (χ3n) is 4.57. The Balaban J connectivity index is 2.36. The van der Waals surface area contributed by atoms with Crippen LogP contribution in [0.25, 0.3) is 16.6 Å². The molecule has 3 rings (SSSR count). The summed E-state index contributed by atoms with van der Waals surface area (Å²) in [4.78, 5) is 29.1. The fourth-order valence-corrected chi connectivity index (χ4v) is 3.36. The van der Waals surface area contributed by atoms with Gasteiger partial charge in [-0.05, 0) is 42.2 Å². The molecule has 0 aliphatic rings. The molecule has 146 valence electrons. The molecule has 3 aromatic rings. The van der Waals surface area contributed by atoms with Gasteiger partial charge in [-0.3, -0.25) is 9.36 Å². The summed E-state index contributed by atoms with van der Waals surface area (Å²) in [5.74, 6) is 0.299. The van der Waals surface area contributed by atoms with Crippen molar-refractivity contribution in [2.24, 2.45) is 0 Å². The van der Waals surface area contributed by atoms with Gasteiger partial charge in [0.25, 0.3) is 5.56 Å². The molecule has 2 aromatic carbocycles. The number of nitrogens with zero attached hydrogens (tertiary/aromatic N) is 2. The molecule has 2 N–H and O–H groups in total. The number of amides is 1. The Bertz CT molecular complexity index is 1120. The monoisotopic (exact) mass is 399 g/mol. The third-order valence-corrected chi connectivity index (χ3v) is 4.89. The van der Waals surface area contributed by atoms with Crippen molar-refractivity contribution in [3.63, 3.8) is 0 Å². The van der Waals surface area contributed by atoms with Crippen LogP contribution in [0, 0.1) is 0 Å². The fourth-order valence-electron chi connectivity index (χ4n) is 3.11. The molecule has 0 aliphatic carbocycles. The lowest BCUT2D eigenvalue weighted by atomic mass is 9.87. The molecule has 1 unspecified atom stereocenters. The zero-order valence-corrected chi connectivity index (χ0v) is 16.9. The molecule has 6 nitrogen and oxygen atoms in total. The number of hydrogen-bond acceptors (Lipinski definition) is 3. The number of benzene rings is 2. The zero-order valence-electron chi connectivity index (χ0n) is 16.2. The van der Waals surface area contributed by atoms with Crippen molar-refractivity contribution in [1.29, 1.82) is 0 Å². The molecule has 1 amide bonds. The molecule has 0 saturated heterocycles. The van der Waals surface area contributed by atoms with Crippen LogP contribution in [0.3, 0.4) is 0 Å². The summed E-state index contributed by atoms with van der Waals surface area (Å²) in [6.45, 7) is 7.90. The lowest BCUT2D eigenvalue weighted by Gasteiger charge is -2.22. The van der Waals surface area contributed by atoms with E-state index in [2.05, 4.69) is 31.1 Å². The van der Waals surface area contributed by atoms with Gasteiger partial charge >= 0.3 is 6.09 Å². The Morgan fingerprint density at radius 3 is 2.54 bits per heavy atom. The second kappa shape index (κ2) is 7.28. The van der Waals surface area contributed by atoms with Crippen molar-refractivity contribution in [2.45, 2.75) is 39.2 Å². The van der Waals surface area contributed by atoms with Crippen LogP contribution in [0.15, 0.2) is 47.3 Å². The Morgan fingerprint density at radius 2 is 1.89 bits per heavy atom. The Kier molecular flexibility index (Phi) is 5.17. The summed E-state index contributed by atoms with van der Waals surface area (Å²) in [7, 11) is 0. The minimum Gasteiger partial charge on any atom is -0.465 e. The van der Waals surface area contributed by atoms with Crippen molar-refractivity contribution < 1.29 is 9.90 Å². The van der Waals surface area contributed by atoms with Crippen molar-refractivity contribution in [2.75, 3.05) is 0 Å². The maximum absolute atomic E-state index is 13.4. The Hall–Kier alpha value is -2.86. The van der Waals surface area contributed by atoms with Crippen LogP contribution in [-0.4, -0.2) is 20.8 Å². The number of hydrogen-bond donors (Lipinski definition) is 2. The average Bonchev–Trinajstić information content (AvgIpc) is 2.60. The number of fused-ring (bicyclic) bond motifs is 1. The second-order valence-electron chi connectivity index (χ2n) is 7.72. The molecular weight excluding hydrogens is 378 g/mol. The van der Waals surface area contributed by atoms with Gasteiger partial charge in [0.1, 0.15) is 5.82 Å². The second-order valence-corrected chi connectivity index (χ2v) is 8.12. The van der Waals surface area contributed by atoms with E-state index in [1.165, 1.54) is 4.57 Å². The van der Waals surface area contributed by atoms with Gasteiger partial charge in [0, 0.05) is 0 Å². The maximum Gasteiger partial charge on any atom is 0.405 e. The summed E-state index contributed by atoms with van der Waals surface area (Å²) in [5.41, 5.74) is 1.62. The number of halogens is 1. The first-order valence-corrected chi connectivity index (χ1v) is 9.29. The molecular formula is C21H22ClN3O3. The van der Waals surface area contributed by atoms with Gasteiger partial charge in [-0.1, -0.05) is 50.6 Å². The van der Waals surface area contributed by atoms with Crippen LogP contribution in [0.2, 0.25) is 5.02 Å². The zero-order chi connectivity index (χ0) is 20.6. The standard InChI is InChI=1S/C21H22ClN3O3/c1-12(23-20(27)28)18-24-16-10-6-9-15(22)17(16)19(26)25(18)14-8-5-7-13(11-14)21(2,3)4/h5-12,23H,1-4H3,(H,27,28). The molecule has 1 atom stereocenters. The van der Waals surface area contributed by atoms with Crippen LogP contribution in [0.1, 0.15) is 45.1 Å². The van der Waals surface area contributed by atoms with E-state index in [-0.39, 0.29) is 11.0 Å². The van der Waals surface area contributed by atoms with E-state index in [1.54, 1.807) is 31.2 Å². The van der Waals surface area contributed by atoms with Crippen LogP contribution in [0.5, 0.6) is 0 Å². The van der Waals surface area contributed by atoms with E-state index >= 15 is 0 Å². The minimum absolute atomic E-state index is 0.118. The quantitative estimate of drug-likeness (QED) is 0.670. The van der Waals surface area contributed by atoms with Crippen molar-refractivity contribution in [3.05, 3.63) is 69.2 Å². The van der Waals surface area contributed by atoms with Crippen LogP contribution >= 0.6 is 11.6 Å². The first-order chi connectivity index (χ1) is 13.1. The molecule has 0 bridgehead atoms. The van der Waals surface area contributed by atoms with Gasteiger partial charge in [-0.2, -0.15) is 0 Å². The lowest BCUT2D eigenvalue weighted by Crippen LogP contribution is -2.32. The van der Waals surface area contributed by atoms with Gasteiger partial charge in [0.05, 0.1) is 27.7 Å². The van der Waals surface area contributed by atoms with Gasteiger partial charge in [0.2, 0.25) is 0 Å². The third kappa shape index (κ3) is 3.73. The van der Waals surface area contributed by atoms with Gasteiger partial charge in [-0.25, -0.2) is 9.78 Å². The van der Waals surface area contributed by atoms with Crippen molar-refractivity contribution in [3.8, 4) is 5.69 Å². The summed E-state index contributed by atoms with van der Waals surface area (Å²) >= 11 is 6.28. The number of carboxylic acid groups (broad SMARTS) is 1. The highest BCUT2D eigenvalue weighted by Crippen LogP contribution is 2.26. The number of carbonyl (C=O) groups is 1. The lowest BCUT2D eigenvalue weighted by molar-refractivity contribution is 0.190. The van der Waals surface area contributed by atoms with E-state index in [1.807, 2.05) is 18.2 Å². The van der Waals surface area contributed by atoms with E-state index in [4.69, 9.17) is 16.7 Å². The predicted molar refractivity (Wildman–Crippen MR) is 111 cm³/mol. The van der Waals surface area contributed by atoms with Crippen LogP contribution in [0.4, 0.5) is 4.79 Å². The van der Waals surface area contributed by atoms with E-state index < -0.39 is 12.1 Å². The molecule has 0 fully saturated rings. The number of nitrogens with one attached hydrogen (secondary N) is 1. The van der Waals surface area contributed by atoms with E-state index in [0.29, 0.717) is 27.4 Å². The van der Waals surface area contributed by atoms with Crippen LogP contribution < -0.4 is 10.9 Å². The van der Waals surface area contributed by atoms with Gasteiger partial charge < -0.3 is 10.4 Å².